The number of ketones is 1. The van der Waals surface area contributed by atoms with E-state index in [4.69, 9.17) is 5.11 Å². The summed E-state index contributed by atoms with van der Waals surface area (Å²) in [4.78, 5) is 58.7. The molecule has 144 valence electrons. The van der Waals surface area contributed by atoms with Crippen molar-refractivity contribution in [1.82, 2.24) is 0 Å². The Morgan fingerprint density at radius 1 is 0.857 bits per heavy atom. The number of hydrogen-bond acceptors (Lipinski definition) is 7. The minimum atomic E-state index is -1.34. The average molecular weight is 384 g/mol. The molecule has 1 N–H and O–H groups in total. The number of rotatable bonds is 4. The quantitative estimate of drug-likeness (QED) is 0.485. The molecule has 0 atom stereocenters. The van der Waals surface area contributed by atoms with Gasteiger partial charge in [0.1, 0.15) is 0 Å². The molecule has 28 heavy (non-hydrogen) atoms. The number of carbonyl (C=O) groups is 5. The van der Waals surface area contributed by atoms with Gasteiger partial charge >= 0.3 is 23.9 Å². The van der Waals surface area contributed by atoms with Crippen molar-refractivity contribution >= 4 is 29.7 Å². The zero-order valence-electron chi connectivity index (χ0n) is 15.3. The molecule has 0 bridgehead atoms. The van der Waals surface area contributed by atoms with Crippen molar-refractivity contribution in [3.63, 3.8) is 0 Å². The molecule has 0 spiro atoms. The van der Waals surface area contributed by atoms with Crippen LogP contribution >= 0.6 is 0 Å². The van der Waals surface area contributed by atoms with Crippen LogP contribution in [0.15, 0.2) is 36.4 Å². The predicted molar refractivity (Wildman–Crippen MR) is 95.7 cm³/mol. The Labute approximate surface area is 159 Å². The van der Waals surface area contributed by atoms with Gasteiger partial charge in [-0.05, 0) is 24.3 Å². The van der Waals surface area contributed by atoms with Crippen molar-refractivity contribution in [2.24, 2.45) is 0 Å². The molecule has 2 aromatic rings. The van der Waals surface area contributed by atoms with Crippen molar-refractivity contribution < 1.29 is 38.6 Å². The third kappa shape index (κ3) is 3.66. The number of carbonyl (C=O) groups excluding carboxylic acids is 4. The lowest BCUT2D eigenvalue weighted by molar-refractivity contribution is 0.0442. The second-order valence-electron chi connectivity index (χ2n) is 5.32. The molecule has 0 radical (unpaired) electrons. The molecule has 0 amide bonds. The summed E-state index contributed by atoms with van der Waals surface area (Å²) in [5.74, 6) is -4.45. The first-order valence-electron chi connectivity index (χ1n) is 8.24. The third-order valence-electron chi connectivity index (χ3n) is 3.82. The second-order valence-corrected chi connectivity index (χ2v) is 5.32. The van der Waals surface area contributed by atoms with Crippen LogP contribution in [0.2, 0.25) is 0 Å². The second kappa shape index (κ2) is 8.26. The number of methoxy groups -OCH3 is 1. The lowest BCUT2D eigenvalue weighted by atomic mass is 9.96. The summed E-state index contributed by atoms with van der Waals surface area (Å²) < 4.78 is 9.01. The molecule has 1 heterocycles. The first-order valence-corrected chi connectivity index (χ1v) is 8.24. The number of benzene rings is 2. The lowest BCUT2D eigenvalue weighted by Gasteiger charge is -2.07. The number of aromatic carboxylic acids is 1. The first kappa shape index (κ1) is 20.5. The summed E-state index contributed by atoms with van der Waals surface area (Å²) in [6, 6.07) is 7.32. The van der Waals surface area contributed by atoms with E-state index in [9.17, 15) is 24.0 Å². The fourth-order valence-corrected chi connectivity index (χ4v) is 2.54. The summed E-state index contributed by atoms with van der Waals surface area (Å²) >= 11 is 0. The molecule has 0 fully saturated rings. The maximum atomic E-state index is 12.6. The molecule has 3 rings (SSSR count). The summed E-state index contributed by atoms with van der Waals surface area (Å²) in [5.41, 5.74) is -0.459. The van der Waals surface area contributed by atoms with Gasteiger partial charge < -0.3 is 14.6 Å². The van der Waals surface area contributed by atoms with E-state index >= 15 is 0 Å². The van der Waals surface area contributed by atoms with Gasteiger partial charge in [0, 0.05) is 11.1 Å². The van der Waals surface area contributed by atoms with Gasteiger partial charge in [0.05, 0.1) is 29.4 Å². The third-order valence-corrected chi connectivity index (χ3v) is 3.82. The molecule has 1 aliphatic heterocycles. The van der Waals surface area contributed by atoms with Gasteiger partial charge in [0.25, 0.3) is 0 Å². The lowest BCUT2D eigenvalue weighted by Crippen LogP contribution is -2.12. The number of fused-ring (bicyclic) bond motifs is 1. The molecule has 2 aromatic carbocycles. The number of carboxylic acids is 1. The Morgan fingerprint density at radius 3 is 2.04 bits per heavy atom. The Balaban J connectivity index is 0.00000136. The maximum absolute atomic E-state index is 12.6. The standard InChI is InChI=1S/C18H10O8.C2H6/c1-25-16(22)12-6-8(2-4-10(12)15(20)21)14(19)9-3-5-11-13(7-9)18(24)26-17(11)23;1-2/h2-7H,1H3,(H,20,21);1-2H3. The highest BCUT2D eigenvalue weighted by Crippen LogP contribution is 2.23. The van der Waals surface area contributed by atoms with Crippen LogP contribution in [0.1, 0.15) is 71.2 Å². The SMILES string of the molecule is CC.COC(=O)c1cc(C(=O)c2ccc3c(c2)C(=O)OC3=O)ccc1C(=O)O. The van der Waals surface area contributed by atoms with E-state index in [-0.39, 0.29) is 33.4 Å². The van der Waals surface area contributed by atoms with Gasteiger partial charge in [-0.1, -0.05) is 26.0 Å². The van der Waals surface area contributed by atoms with Crippen molar-refractivity contribution in [3.05, 3.63) is 69.8 Å². The molecular weight excluding hydrogens is 368 g/mol. The van der Waals surface area contributed by atoms with E-state index in [0.717, 1.165) is 19.2 Å². The molecule has 0 unspecified atom stereocenters. The smallest absolute Gasteiger partial charge is 0.346 e. The van der Waals surface area contributed by atoms with Gasteiger partial charge in [-0.15, -0.1) is 0 Å². The Morgan fingerprint density at radius 2 is 1.43 bits per heavy atom. The highest BCUT2D eigenvalue weighted by atomic mass is 16.6. The first-order chi connectivity index (χ1) is 13.3. The van der Waals surface area contributed by atoms with Crippen LogP contribution < -0.4 is 0 Å². The normalized spacial score (nSPS) is 11.7. The monoisotopic (exact) mass is 384 g/mol. The Hall–Kier alpha value is -3.81. The number of ether oxygens (including phenoxy) is 2. The van der Waals surface area contributed by atoms with Crippen molar-refractivity contribution in [3.8, 4) is 0 Å². The van der Waals surface area contributed by atoms with Crippen LogP contribution in [0, 0.1) is 0 Å². The van der Waals surface area contributed by atoms with Gasteiger partial charge in [-0.25, -0.2) is 19.2 Å². The molecule has 8 nitrogen and oxygen atoms in total. The molecule has 0 aromatic heterocycles. The topological polar surface area (TPSA) is 124 Å². The number of hydrogen-bond donors (Lipinski definition) is 1. The zero-order valence-corrected chi connectivity index (χ0v) is 15.3. The zero-order chi connectivity index (χ0) is 21.0. The molecule has 0 aliphatic carbocycles. The van der Waals surface area contributed by atoms with Crippen LogP contribution in [0.25, 0.3) is 0 Å². The molecule has 8 heteroatoms. The number of carboxylic acid groups (broad SMARTS) is 1. The summed E-state index contributed by atoms with van der Waals surface area (Å²) in [6.45, 7) is 4.00. The van der Waals surface area contributed by atoms with E-state index < -0.39 is 29.7 Å². The fourth-order valence-electron chi connectivity index (χ4n) is 2.54. The van der Waals surface area contributed by atoms with Gasteiger partial charge in [-0.3, -0.25) is 4.79 Å². The van der Waals surface area contributed by atoms with Crippen molar-refractivity contribution in [2.45, 2.75) is 13.8 Å². The van der Waals surface area contributed by atoms with E-state index in [1.807, 2.05) is 13.8 Å². The highest BCUT2D eigenvalue weighted by Gasteiger charge is 2.30. The average Bonchev–Trinajstić information content (AvgIpc) is 3.00. The fraction of sp³-hybridized carbons (Fsp3) is 0.150. The minimum Gasteiger partial charge on any atom is -0.478 e. The molecule has 1 aliphatic rings. The van der Waals surface area contributed by atoms with Gasteiger partial charge in [0.15, 0.2) is 5.78 Å². The summed E-state index contributed by atoms with van der Waals surface area (Å²) in [7, 11) is 1.09. The summed E-state index contributed by atoms with van der Waals surface area (Å²) in [6.07, 6.45) is 0. The van der Waals surface area contributed by atoms with Crippen molar-refractivity contribution in [2.75, 3.05) is 7.11 Å². The van der Waals surface area contributed by atoms with Crippen LogP contribution in [-0.2, 0) is 9.47 Å². The van der Waals surface area contributed by atoms with E-state index in [1.54, 1.807) is 0 Å². The van der Waals surface area contributed by atoms with Crippen LogP contribution in [0.3, 0.4) is 0 Å². The Kier molecular flexibility index (Phi) is 6.04. The maximum Gasteiger partial charge on any atom is 0.346 e. The van der Waals surface area contributed by atoms with Crippen LogP contribution in [0.5, 0.6) is 0 Å². The van der Waals surface area contributed by atoms with Crippen molar-refractivity contribution in [1.29, 1.82) is 0 Å². The number of esters is 3. The minimum absolute atomic E-state index is 0.0213. The molecular formula is C20H16O8. The summed E-state index contributed by atoms with van der Waals surface area (Å²) in [5, 5.41) is 9.14. The van der Waals surface area contributed by atoms with Gasteiger partial charge in [0.2, 0.25) is 0 Å². The van der Waals surface area contributed by atoms with Gasteiger partial charge in [-0.2, -0.15) is 0 Å². The van der Waals surface area contributed by atoms with Crippen LogP contribution in [-0.4, -0.2) is 41.9 Å². The Bertz CT molecular complexity index is 1000. The van der Waals surface area contributed by atoms with E-state index in [2.05, 4.69) is 9.47 Å². The number of cyclic esters (lactones) is 2. The highest BCUT2D eigenvalue weighted by molar-refractivity contribution is 6.17. The molecule has 0 saturated heterocycles. The van der Waals surface area contributed by atoms with E-state index in [1.165, 1.54) is 24.3 Å². The van der Waals surface area contributed by atoms with Crippen LogP contribution in [0.4, 0.5) is 0 Å². The largest absolute Gasteiger partial charge is 0.478 e. The molecule has 0 saturated carbocycles. The van der Waals surface area contributed by atoms with E-state index in [0.29, 0.717) is 0 Å². The predicted octanol–water partition coefficient (Wildman–Crippen LogP) is 2.74.